The molecule has 32 heavy (non-hydrogen) atoms. The summed E-state index contributed by atoms with van der Waals surface area (Å²) in [6, 6.07) is 11.7. The van der Waals surface area contributed by atoms with E-state index in [2.05, 4.69) is 17.9 Å². The molecule has 1 saturated heterocycles. The van der Waals surface area contributed by atoms with E-state index in [1.165, 1.54) is 11.3 Å². The van der Waals surface area contributed by atoms with Crippen LogP contribution in [-0.2, 0) is 6.42 Å². The second kappa shape index (κ2) is 9.34. The Balaban J connectivity index is 1.41. The van der Waals surface area contributed by atoms with E-state index in [4.69, 9.17) is 16.6 Å². The number of carbonyl (C=O) groups is 1. The summed E-state index contributed by atoms with van der Waals surface area (Å²) in [6.07, 6.45) is 4.09. The molecule has 4 nitrogen and oxygen atoms in total. The van der Waals surface area contributed by atoms with Crippen molar-refractivity contribution in [2.45, 2.75) is 45.6 Å². The van der Waals surface area contributed by atoms with E-state index in [0.29, 0.717) is 17.4 Å². The Hall–Kier alpha value is -2.21. The normalized spacial score (nSPS) is 15.2. The molecule has 0 unspecified atom stereocenters. The summed E-state index contributed by atoms with van der Waals surface area (Å²) in [7, 11) is 0. The fourth-order valence-electron chi connectivity index (χ4n) is 4.40. The molecule has 1 aromatic carbocycles. The Bertz CT molecular complexity index is 1090. The molecule has 0 spiro atoms. The number of halogens is 1. The molecule has 1 fully saturated rings. The first-order valence-corrected chi connectivity index (χ1v) is 12.3. The summed E-state index contributed by atoms with van der Waals surface area (Å²) in [6.45, 7) is 7.64. The highest BCUT2D eigenvalue weighted by Crippen LogP contribution is 2.31. The zero-order valence-corrected chi connectivity index (χ0v) is 20.3. The first kappa shape index (κ1) is 23.0. The number of hydrogen-bond acceptors (Lipinski definition) is 5. The van der Waals surface area contributed by atoms with Crippen molar-refractivity contribution < 1.29 is 9.90 Å². The van der Waals surface area contributed by atoms with E-state index in [-0.39, 0.29) is 5.78 Å². The summed E-state index contributed by atoms with van der Waals surface area (Å²) in [5, 5.41) is 13.0. The smallest absolute Gasteiger partial charge is 0.177 e. The predicted octanol–water partition coefficient (Wildman–Crippen LogP) is 6.18. The SMILES string of the molecule is Cc1cc(CC(=O)c2cc(-c3ccc(Cl)cc3)cs2)cnc1N1CCC(C(C)(C)O)CC1. The van der Waals surface area contributed by atoms with Crippen molar-refractivity contribution in [1.29, 1.82) is 0 Å². The number of Topliss-reactive ketones (excluding diaryl/α,β-unsaturated/α-hetero) is 1. The van der Waals surface area contributed by atoms with E-state index < -0.39 is 5.60 Å². The number of aryl methyl sites for hydroxylation is 1. The van der Waals surface area contributed by atoms with Gasteiger partial charge in [-0.3, -0.25) is 4.79 Å². The molecule has 1 aliphatic rings. The molecule has 0 amide bonds. The molecule has 3 aromatic rings. The quantitative estimate of drug-likeness (QED) is 0.438. The van der Waals surface area contributed by atoms with Crippen LogP contribution in [0.4, 0.5) is 5.82 Å². The molecule has 0 atom stereocenters. The maximum absolute atomic E-state index is 12.9. The summed E-state index contributed by atoms with van der Waals surface area (Å²) >= 11 is 7.45. The van der Waals surface area contributed by atoms with Crippen molar-refractivity contribution in [3.63, 3.8) is 0 Å². The van der Waals surface area contributed by atoms with Gasteiger partial charge in [0.2, 0.25) is 0 Å². The molecule has 1 N–H and O–H groups in total. The number of aliphatic hydroxyl groups is 1. The highest BCUT2D eigenvalue weighted by Gasteiger charge is 2.31. The number of nitrogens with zero attached hydrogens (tertiary/aromatic N) is 2. The minimum absolute atomic E-state index is 0.107. The minimum atomic E-state index is -0.631. The first-order valence-electron chi connectivity index (χ1n) is 11.0. The summed E-state index contributed by atoms with van der Waals surface area (Å²) in [5.74, 6) is 1.41. The Kier molecular flexibility index (Phi) is 6.70. The van der Waals surface area contributed by atoms with Gasteiger partial charge in [0, 0.05) is 30.7 Å². The van der Waals surface area contributed by atoms with Crippen LogP contribution in [0.15, 0.2) is 48.0 Å². The second-order valence-electron chi connectivity index (χ2n) is 9.21. The van der Waals surface area contributed by atoms with E-state index in [1.54, 1.807) is 0 Å². The lowest BCUT2D eigenvalue weighted by Crippen LogP contribution is -2.42. The zero-order chi connectivity index (χ0) is 22.9. The van der Waals surface area contributed by atoms with Crippen molar-refractivity contribution >= 4 is 34.5 Å². The molecule has 3 heterocycles. The van der Waals surface area contributed by atoms with Crippen molar-refractivity contribution in [1.82, 2.24) is 4.98 Å². The number of benzene rings is 1. The number of piperidine rings is 1. The van der Waals surface area contributed by atoms with E-state index in [0.717, 1.165) is 58.9 Å². The number of pyridine rings is 1. The summed E-state index contributed by atoms with van der Waals surface area (Å²) in [4.78, 5) is 20.6. The van der Waals surface area contributed by atoms with Crippen LogP contribution in [0.5, 0.6) is 0 Å². The van der Waals surface area contributed by atoms with Gasteiger partial charge < -0.3 is 10.0 Å². The minimum Gasteiger partial charge on any atom is -0.390 e. The van der Waals surface area contributed by atoms with Crippen LogP contribution in [-0.4, -0.2) is 34.6 Å². The third-order valence-electron chi connectivity index (χ3n) is 6.32. The monoisotopic (exact) mass is 468 g/mol. The second-order valence-corrected chi connectivity index (χ2v) is 10.6. The number of hydrogen-bond donors (Lipinski definition) is 1. The lowest BCUT2D eigenvalue weighted by molar-refractivity contribution is 0.00645. The maximum Gasteiger partial charge on any atom is 0.177 e. The van der Waals surface area contributed by atoms with E-state index in [1.807, 2.05) is 55.8 Å². The van der Waals surface area contributed by atoms with Gasteiger partial charge in [-0.1, -0.05) is 29.8 Å². The maximum atomic E-state index is 12.9. The molecule has 6 heteroatoms. The van der Waals surface area contributed by atoms with Crippen LogP contribution in [0.25, 0.3) is 11.1 Å². The lowest BCUT2D eigenvalue weighted by atomic mass is 9.83. The topological polar surface area (TPSA) is 53.4 Å². The number of ketones is 1. The molecular weight excluding hydrogens is 440 g/mol. The highest BCUT2D eigenvalue weighted by atomic mass is 35.5. The fourth-order valence-corrected chi connectivity index (χ4v) is 5.38. The van der Waals surface area contributed by atoms with Gasteiger partial charge in [-0.15, -0.1) is 11.3 Å². The Morgan fingerprint density at radius 1 is 1.19 bits per heavy atom. The number of rotatable bonds is 6. The van der Waals surface area contributed by atoms with Crippen molar-refractivity contribution in [2.75, 3.05) is 18.0 Å². The van der Waals surface area contributed by atoms with Crippen molar-refractivity contribution in [3.8, 4) is 11.1 Å². The summed E-state index contributed by atoms with van der Waals surface area (Å²) < 4.78 is 0. The van der Waals surface area contributed by atoms with Gasteiger partial charge in [-0.2, -0.15) is 0 Å². The number of anilines is 1. The molecule has 0 radical (unpaired) electrons. The van der Waals surface area contributed by atoms with Crippen LogP contribution in [0, 0.1) is 12.8 Å². The van der Waals surface area contributed by atoms with E-state index in [9.17, 15) is 9.90 Å². The number of carbonyl (C=O) groups excluding carboxylic acids is 1. The Morgan fingerprint density at radius 2 is 1.88 bits per heavy atom. The molecule has 168 valence electrons. The molecule has 4 rings (SSSR count). The third kappa shape index (κ3) is 5.22. The van der Waals surface area contributed by atoms with Crippen LogP contribution in [0.1, 0.15) is 47.5 Å². The average molecular weight is 469 g/mol. The van der Waals surface area contributed by atoms with Crippen LogP contribution >= 0.6 is 22.9 Å². The molecule has 0 aliphatic carbocycles. The molecule has 0 saturated carbocycles. The molecular formula is C26H29ClN2O2S. The Labute approximate surface area is 198 Å². The summed E-state index contributed by atoms with van der Waals surface area (Å²) in [5.41, 5.74) is 3.48. The zero-order valence-electron chi connectivity index (χ0n) is 18.8. The van der Waals surface area contributed by atoms with Gasteiger partial charge in [0.1, 0.15) is 5.82 Å². The highest BCUT2D eigenvalue weighted by molar-refractivity contribution is 7.12. The molecule has 2 aromatic heterocycles. The average Bonchev–Trinajstić information content (AvgIpc) is 3.24. The van der Waals surface area contributed by atoms with Gasteiger partial charge >= 0.3 is 0 Å². The number of aromatic nitrogens is 1. The first-order chi connectivity index (χ1) is 15.2. The lowest BCUT2D eigenvalue weighted by Gasteiger charge is -2.38. The van der Waals surface area contributed by atoms with Gasteiger partial charge in [-0.05, 0) is 85.4 Å². The van der Waals surface area contributed by atoms with Gasteiger partial charge in [-0.25, -0.2) is 4.98 Å². The van der Waals surface area contributed by atoms with Crippen LogP contribution in [0.2, 0.25) is 5.02 Å². The standard InChI is InChI=1S/C26H29ClN2O2S/c1-17-12-18(15-28-25(17)29-10-8-21(9-11-29)26(2,3)31)13-23(30)24-14-20(16-32-24)19-4-6-22(27)7-5-19/h4-7,12,14-16,21,31H,8-11,13H2,1-3H3. The third-order valence-corrected chi connectivity index (χ3v) is 7.54. The van der Waals surface area contributed by atoms with Crippen LogP contribution in [0.3, 0.4) is 0 Å². The van der Waals surface area contributed by atoms with E-state index >= 15 is 0 Å². The largest absolute Gasteiger partial charge is 0.390 e. The van der Waals surface area contributed by atoms with Crippen LogP contribution < -0.4 is 4.90 Å². The molecule has 1 aliphatic heterocycles. The molecule has 0 bridgehead atoms. The van der Waals surface area contributed by atoms with Gasteiger partial charge in [0.25, 0.3) is 0 Å². The Morgan fingerprint density at radius 3 is 2.50 bits per heavy atom. The van der Waals surface area contributed by atoms with Gasteiger partial charge in [0.15, 0.2) is 5.78 Å². The fraction of sp³-hybridized carbons (Fsp3) is 0.385. The van der Waals surface area contributed by atoms with Gasteiger partial charge in [0.05, 0.1) is 10.5 Å². The predicted molar refractivity (Wildman–Crippen MR) is 133 cm³/mol. The number of thiophene rings is 1. The van der Waals surface area contributed by atoms with Crippen molar-refractivity contribution in [3.05, 3.63) is 69.0 Å². The van der Waals surface area contributed by atoms with Crippen molar-refractivity contribution in [2.24, 2.45) is 5.92 Å².